The number of hydrogen-bond donors (Lipinski definition) is 2. The Morgan fingerprint density at radius 2 is 1.50 bits per heavy atom. The summed E-state index contributed by atoms with van der Waals surface area (Å²) in [7, 11) is 0. The number of aliphatic hydroxyl groups is 2. The first-order valence-corrected chi connectivity index (χ1v) is 5.26. The lowest BCUT2D eigenvalue weighted by molar-refractivity contribution is -0.217. The van der Waals surface area contributed by atoms with Crippen LogP contribution in [0, 0.1) is 11.3 Å². The van der Waals surface area contributed by atoms with Gasteiger partial charge in [-0.1, -0.05) is 27.7 Å². The fourth-order valence-electron chi connectivity index (χ4n) is 2.01. The second-order valence-corrected chi connectivity index (χ2v) is 5.47. The highest BCUT2D eigenvalue weighted by Gasteiger charge is 2.44. The van der Waals surface area contributed by atoms with E-state index in [1.54, 1.807) is 0 Å². The van der Waals surface area contributed by atoms with E-state index in [1.807, 2.05) is 34.6 Å². The number of ether oxygens (including phenoxy) is 1. The molecule has 5 unspecified atom stereocenters. The van der Waals surface area contributed by atoms with Gasteiger partial charge in [0.2, 0.25) is 0 Å². The van der Waals surface area contributed by atoms with Crippen LogP contribution in [0.25, 0.3) is 0 Å². The molecule has 1 aliphatic heterocycles. The minimum atomic E-state index is -0.582. The van der Waals surface area contributed by atoms with Crippen molar-refractivity contribution < 1.29 is 14.9 Å². The zero-order chi connectivity index (χ0) is 11.1. The Balaban J connectivity index is 2.81. The van der Waals surface area contributed by atoms with E-state index < -0.39 is 12.2 Å². The van der Waals surface area contributed by atoms with Gasteiger partial charge in [-0.3, -0.25) is 0 Å². The van der Waals surface area contributed by atoms with Crippen molar-refractivity contribution in [2.24, 2.45) is 11.3 Å². The minimum Gasteiger partial charge on any atom is -0.390 e. The van der Waals surface area contributed by atoms with Crippen LogP contribution in [0.1, 0.15) is 34.6 Å². The quantitative estimate of drug-likeness (QED) is 0.620. The normalized spacial score (nSPS) is 45.2. The first-order chi connectivity index (χ1) is 6.25. The van der Waals surface area contributed by atoms with Crippen LogP contribution in [-0.2, 0) is 4.74 Å². The Morgan fingerprint density at radius 1 is 1.00 bits per heavy atom. The molecule has 0 spiro atoms. The molecule has 2 N–H and O–H groups in total. The summed E-state index contributed by atoms with van der Waals surface area (Å²) in [6.45, 7) is 9.84. The van der Waals surface area contributed by atoms with Crippen molar-refractivity contribution in [2.45, 2.75) is 59.0 Å². The third-order valence-corrected chi connectivity index (χ3v) is 3.08. The lowest BCUT2D eigenvalue weighted by atomic mass is 9.77. The summed E-state index contributed by atoms with van der Waals surface area (Å²) in [5, 5.41) is 19.7. The van der Waals surface area contributed by atoms with E-state index in [4.69, 9.17) is 4.74 Å². The molecular weight excluding hydrogens is 180 g/mol. The maximum absolute atomic E-state index is 9.98. The second-order valence-electron chi connectivity index (χ2n) is 5.47. The highest BCUT2D eigenvalue weighted by molar-refractivity contribution is 4.93. The molecule has 5 atom stereocenters. The van der Waals surface area contributed by atoms with Crippen LogP contribution >= 0.6 is 0 Å². The average molecular weight is 202 g/mol. The average Bonchev–Trinajstić information content (AvgIpc) is 2.06. The van der Waals surface area contributed by atoms with E-state index in [2.05, 4.69) is 0 Å². The molecule has 0 saturated carbocycles. The van der Waals surface area contributed by atoms with E-state index in [9.17, 15) is 10.2 Å². The SMILES string of the molecule is CC1OC(C(C)(C)C)C(O)C(C)C1O. The number of aliphatic hydroxyl groups excluding tert-OH is 2. The smallest absolute Gasteiger partial charge is 0.0890 e. The molecule has 1 heterocycles. The molecule has 1 aliphatic rings. The van der Waals surface area contributed by atoms with Crippen LogP contribution in [0.5, 0.6) is 0 Å². The highest BCUT2D eigenvalue weighted by Crippen LogP contribution is 2.35. The summed E-state index contributed by atoms with van der Waals surface area (Å²) in [6.07, 6.45) is -1.54. The van der Waals surface area contributed by atoms with Crippen molar-refractivity contribution in [3.05, 3.63) is 0 Å². The van der Waals surface area contributed by atoms with Crippen LogP contribution in [0.2, 0.25) is 0 Å². The molecule has 3 heteroatoms. The van der Waals surface area contributed by atoms with Gasteiger partial charge in [0.05, 0.1) is 24.4 Å². The van der Waals surface area contributed by atoms with Crippen molar-refractivity contribution in [1.29, 1.82) is 0 Å². The largest absolute Gasteiger partial charge is 0.390 e. The molecule has 0 aromatic heterocycles. The summed E-state index contributed by atoms with van der Waals surface area (Å²) in [6, 6.07) is 0. The molecule has 0 aliphatic carbocycles. The second kappa shape index (κ2) is 3.80. The summed E-state index contributed by atoms with van der Waals surface area (Å²) in [5.41, 5.74) is -0.0952. The Bertz CT molecular complexity index is 197. The van der Waals surface area contributed by atoms with E-state index in [0.29, 0.717) is 0 Å². The molecule has 0 amide bonds. The zero-order valence-electron chi connectivity index (χ0n) is 9.69. The van der Waals surface area contributed by atoms with Gasteiger partial charge >= 0.3 is 0 Å². The third-order valence-electron chi connectivity index (χ3n) is 3.08. The van der Waals surface area contributed by atoms with Gasteiger partial charge in [0.15, 0.2) is 0 Å². The van der Waals surface area contributed by atoms with Crippen LogP contribution in [0.4, 0.5) is 0 Å². The van der Waals surface area contributed by atoms with Crippen molar-refractivity contribution in [3.8, 4) is 0 Å². The van der Waals surface area contributed by atoms with Gasteiger partial charge in [0.25, 0.3) is 0 Å². The summed E-state index contributed by atoms with van der Waals surface area (Å²) >= 11 is 0. The Labute approximate surface area is 86.1 Å². The van der Waals surface area contributed by atoms with E-state index >= 15 is 0 Å². The Kier molecular flexibility index (Phi) is 3.24. The van der Waals surface area contributed by atoms with Gasteiger partial charge in [-0.05, 0) is 12.3 Å². The molecular formula is C11H22O3. The van der Waals surface area contributed by atoms with Gasteiger partial charge in [0, 0.05) is 5.92 Å². The lowest BCUT2D eigenvalue weighted by Gasteiger charge is -2.45. The zero-order valence-corrected chi connectivity index (χ0v) is 9.69. The maximum atomic E-state index is 9.98. The van der Waals surface area contributed by atoms with Gasteiger partial charge in [-0.2, -0.15) is 0 Å². The standard InChI is InChI=1S/C11H22O3/c1-6-8(12)7(2)14-10(9(6)13)11(3,4)5/h6-10,12-13H,1-5H3. The predicted octanol–water partition coefficient (Wildman–Crippen LogP) is 1.18. The number of rotatable bonds is 0. The van der Waals surface area contributed by atoms with E-state index in [1.165, 1.54) is 0 Å². The topological polar surface area (TPSA) is 49.7 Å². The molecule has 3 nitrogen and oxygen atoms in total. The van der Waals surface area contributed by atoms with Gasteiger partial charge < -0.3 is 14.9 Å². The molecule has 0 aromatic carbocycles. The summed E-state index contributed by atoms with van der Waals surface area (Å²) < 4.78 is 5.65. The van der Waals surface area contributed by atoms with Crippen molar-refractivity contribution in [1.82, 2.24) is 0 Å². The van der Waals surface area contributed by atoms with Crippen LogP contribution < -0.4 is 0 Å². The maximum Gasteiger partial charge on any atom is 0.0890 e. The third kappa shape index (κ3) is 2.10. The van der Waals surface area contributed by atoms with Crippen LogP contribution in [-0.4, -0.2) is 34.6 Å². The van der Waals surface area contributed by atoms with E-state index in [-0.39, 0.29) is 23.5 Å². The summed E-state index contributed by atoms with van der Waals surface area (Å²) in [5.74, 6) is -0.122. The fourth-order valence-corrected chi connectivity index (χ4v) is 2.01. The van der Waals surface area contributed by atoms with Crippen LogP contribution in [0.3, 0.4) is 0 Å². The molecule has 1 fully saturated rings. The first kappa shape index (κ1) is 12.0. The molecule has 1 rings (SSSR count). The van der Waals surface area contributed by atoms with Gasteiger partial charge in [0.1, 0.15) is 0 Å². The minimum absolute atomic E-state index is 0.0952. The molecule has 1 saturated heterocycles. The lowest BCUT2D eigenvalue weighted by Crippen LogP contribution is -2.56. The highest BCUT2D eigenvalue weighted by atomic mass is 16.5. The fraction of sp³-hybridized carbons (Fsp3) is 1.00. The summed E-state index contributed by atoms with van der Waals surface area (Å²) in [4.78, 5) is 0. The number of hydrogen-bond acceptors (Lipinski definition) is 3. The molecule has 0 radical (unpaired) electrons. The Morgan fingerprint density at radius 3 is 1.93 bits per heavy atom. The first-order valence-electron chi connectivity index (χ1n) is 5.26. The van der Waals surface area contributed by atoms with Crippen molar-refractivity contribution in [2.75, 3.05) is 0 Å². The predicted molar refractivity (Wildman–Crippen MR) is 55.0 cm³/mol. The van der Waals surface area contributed by atoms with E-state index in [0.717, 1.165) is 0 Å². The van der Waals surface area contributed by atoms with Crippen LogP contribution in [0.15, 0.2) is 0 Å². The van der Waals surface area contributed by atoms with Gasteiger partial charge in [-0.25, -0.2) is 0 Å². The van der Waals surface area contributed by atoms with Crippen molar-refractivity contribution >= 4 is 0 Å². The van der Waals surface area contributed by atoms with Crippen molar-refractivity contribution in [3.63, 3.8) is 0 Å². The van der Waals surface area contributed by atoms with Gasteiger partial charge in [-0.15, -0.1) is 0 Å². The molecule has 0 aromatic rings. The monoisotopic (exact) mass is 202 g/mol. The Hall–Kier alpha value is -0.120. The molecule has 84 valence electrons. The molecule has 14 heavy (non-hydrogen) atoms. The molecule has 0 bridgehead atoms.